The predicted octanol–water partition coefficient (Wildman–Crippen LogP) is 3.37. The van der Waals surface area contributed by atoms with Gasteiger partial charge in [0.25, 0.3) is 5.91 Å². The van der Waals surface area contributed by atoms with Gasteiger partial charge in [0, 0.05) is 10.6 Å². The summed E-state index contributed by atoms with van der Waals surface area (Å²) in [6.45, 7) is 1.53. The van der Waals surface area contributed by atoms with Crippen LogP contribution in [0.2, 0.25) is 5.02 Å². The van der Waals surface area contributed by atoms with E-state index in [9.17, 15) is 9.59 Å². The average molecular weight is 413 g/mol. The molecule has 1 aliphatic rings. The minimum Gasteiger partial charge on any atom is -0.497 e. The third kappa shape index (κ3) is 3.42. The van der Waals surface area contributed by atoms with Gasteiger partial charge < -0.3 is 14.5 Å². The molecule has 1 aromatic heterocycles. The minimum atomic E-state index is -1.19. The van der Waals surface area contributed by atoms with Crippen LogP contribution in [0.1, 0.15) is 18.4 Å². The second kappa shape index (κ2) is 7.21. The van der Waals surface area contributed by atoms with E-state index in [0.29, 0.717) is 21.9 Å². The summed E-state index contributed by atoms with van der Waals surface area (Å²) in [6, 6.07) is 13.3. The first-order valence-electron chi connectivity index (χ1n) is 8.77. The lowest BCUT2D eigenvalue weighted by Gasteiger charge is -2.22. The van der Waals surface area contributed by atoms with E-state index in [2.05, 4.69) is 15.5 Å². The Bertz CT molecular complexity index is 1060. The number of ether oxygens (including phenoxy) is 1. The summed E-state index contributed by atoms with van der Waals surface area (Å²) >= 11 is 5.88. The monoisotopic (exact) mass is 412 g/mol. The Hall–Kier alpha value is -3.39. The zero-order valence-electron chi connectivity index (χ0n) is 15.7. The van der Waals surface area contributed by atoms with Crippen molar-refractivity contribution < 1.29 is 18.7 Å². The van der Waals surface area contributed by atoms with Crippen molar-refractivity contribution in [2.45, 2.75) is 19.0 Å². The Morgan fingerprint density at radius 3 is 2.45 bits per heavy atom. The molecule has 148 valence electrons. The first-order chi connectivity index (χ1) is 13.9. The molecule has 9 heteroatoms. The fourth-order valence-electron chi connectivity index (χ4n) is 3.12. The summed E-state index contributed by atoms with van der Waals surface area (Å²) < 4.78 is 10.8. The summed E-state index contributed by atoms with van der Waals surface area (Å²) in [7, 11) is 1.56. The predicted molar refractivity (Wildman–Crippen MR) is 104 cm³/mol. The fourth-order valence-corrected chi connectivity index (χ4v) is 3.25. The Kier molecular flexibility index (Phi) is 4.71. The number of carbonyl (C=O) groups is 2. The quantitative estimate of drug-likeness (QED) is 0.645. The standard InChI is InChI=1S/C20H17ClN4O4/c1-20(13-5-9-15(28-2)10-6-13)18(26)25(19(27)22-20)11-16-23-24-17(29-16)12-3-7-14(21)8-4-12/h3-10H,11H2,1-2H3,(H,22,27)/t20-/m0/s1. The summed E-state index contributed by atoms with van der Waals surface area (Å²) in [4.78, 5) is 26.6. The van der Waals surface area contributed by atoms with Crippen LogP contribution in [0.4, 0.5) is 4.79 Å². The lowest BCUT2D eigenvalue weighted by Crippen LogP contribution is -2.40. The highest BCUT2D eigenvalue weighted by Gasteiger charge is 2.49. The number of methoxy groups -OCH3 is 1. The number of nitrogens with zero attached hydrogens (tertiary/aromatic N) is 3. The van der Waals surface area contributed by atoms with E-state index in [1.165, 1.54) is 0 Å². The van der Waals surface area contributed by atoms with Gasteiger partial charge in [0.1, 0.15) is 17.8 Å². The van der Waals surface area contributed by atoms with Crippen molar-refractivity contribution in [3.05, 3.63) is 65.0 Å². The summed E-state index contributed by atoms with van der Waals surface area (Å²) in [6.07, 6.45) is 0. The molecular formula is C20H17ClN4O4. The van der Waals surface area contributed by atoms with Gasteiger partial charge in [0.05, 0.1) is 7.11 Å². The lowest BCUT2D eigenvalue weighted by atomic mass is 9.92. The zero-order valence-corrected chi connectivity index (χ0v) is 16.4. The van der Waals surface area contributed by atoms with Gasteiger partial charge in [-0.2, -0.15) is 0 Å². The molecule has 1 fully saturated rings. The lowest BCUT2D eigenvalue weighted by molar-refractivity contribution is -0.131. The highest BCUT2D eigenvalue weighted by atomic mass is 35.5. The van der Waals surface area contributed by atoms with Gasteiger partial charge >= 0.3 is 6.03 Å². The number of aromatic nitrogens is 2. The van der Waals surface area contributed by atoms with E-state index in [1.807, 2.05) is 0 Å². The second-order valence-corrected chi connectivity index (χ2v) is 7.12. The van der Waals surface area contributed by atoms with Crippen molar-refractivity contribution in [1.82, 2.24) is 20.4 Å². The number of hydrogen-bond donors (Lipinski definition) is 1. The second-order valence-electron chi connectivity index (χ2n) is 6.68. The van der Waals surface area contributed by atoms with Crippen molar-refractivity contribution in [2.24, 2.45) is 0 Å². The van der Waals surface area contributed by atoms with E-state index < -0.39 is 17.5 Å². The molecule has 1 aliphatic heterocycles. The number of amides is 3. The molecule has 1 atom stereocenters. The topological polar surface area (TPSA) is 97.6 Å². The summed E-state index contributed by atoms with van der Waals surface area (Å²) in [5, 5.41) is 11.3. The van der Waals surface area contributed by atoms with Crippen LogP contribution in [0.5, 0.6) is 5.75 Å². The molecule has 0 bridgehead atoms. The molecule has 0 unspecified atom stereocenters. The van der Waals surface area contributed by atoms with Crippen LogP contribution in [-0.4, -0.2) is 34.1 Å². The molecule has 3 aromatic rings. The smallest absolute Gasteiger partial charge is 0.325 e. The number of imide groups is 1. The molecule has 29 heavy (non-hydrogen) atoms. The number of benzene rings is 2. The van der Waals surface area contributed by atoms with E-state index >= 15 is 0 Å². The van der Waals surface area contributed by atoms with E-state index in [1.54, 1.807) is 62.6 Å². The maximum absolute atomic E-state index is 13.0. The number of carbonyl (C=O) groups excluding carboxylic acids is 2. The highest BCUT2D eigenvalue weighted by Crippen LogP contribution is 2.31. The molecule has 0 radical (unpaired) electrons. The van der Waals surface area contributed by atoms with Crippen molar-refractivity contribution in [3.63, 3.8) is 0 Å². The molecule has 4 rings (SSSR count). The molecule has 1 saturated heterocycles. The van der Waals surface area contributed by atoms with Crippen molar-refractivity contribution in [3.8, 4) is 17.2 Å². The maximum atomic E-state index is 13.0. The van der Waals surface area contributed by atoms with Crippen LogP contribution in [-0.2, 0) is 16.9 Å². The van der Waals surface area contributed by atoms with Gasteiger partial charge in [-0.3, -0.25) is 9.69 Å². The molecule has 3 amide bonds. The maximum Gasteiger partial charge on any atom is 0.325 e. The highest BCUT2D eigenvalue weighted by molar-refractivity contribution is 6.30. The van der Waals surface area contributed by atoms with Crippen LogP contribution in [0.3, 0.4) is 0 Å². The Morgan fingerprint density at radius 2 is 1.79 bits per heavy atom. The molecule has 2 aromatic carbocycles. The number of rotatable bonds is 5. The van der Waals surface area contributed by atoms with Crippen molar-refractivity contribution >= 4 is 23.5 Å². The minimum absolute atomic E-state index is 0.128. The number of nitrogens with one attached hydrogen (secondary N) is 1. The van der Waals surface area contributed by atoms with Gasteiger partial charge in [0.2, 0.25) is 11.8 Å². The summed E-state index contributed by atoms with van der Waals surface area (Å²) in [5.41, 5.74) is 0.141. The van der Waals surface area contributed by atoms with Crippen LogP contribution >= 0.6 is 11.6 Å². The van der Waals surface area contributed by atoms with E-state index in [4.69, 9.17) is 20.8 Å². The van der Waals surface area contributed by atoms with Gasteiger partial charge in [-0.05, 0) is 48.9 Å². The summed E-state index contributed by atoms with van der Waals surface area (Å²) in [5.74, 6) is 0.685. The third-order valence-electron chi connectivity index (χ3n) is 4.79. The molecule has 2 heterocycles. The molecular weight excluding hydrogens is 396 g/mol. The van der Waals surface area contributed by atoms with Crippen LogP contribution < -0.4 is 10.1 Å². The zero-order chi connectivity index (χ0) is 20.6. The van der Waals surface area contributed by atoms with Gasteiger partial charge in [-0.15, -0.1) is 10.2 Å². The third-order valence-corrected chi connectivity index (χ3v) is 5.05. The van der Waals surface area contributed by atoms with Crippen LogP contribution in [0, 0.1) is 0 Å². The SMILES string of the molecule is COc1ccc([C@]2(C)NC(=O)N(Cc3nnc(-c4ccc(Cl)cc4)o3)C2=O)cc1. The first kappa shape index (κ1) is 18.9. The van der Waals surface area contributed by atoms with Gasteiger partial charge in [-0.25, -0.2) is 4.79 Å². The van der Waals surface area contributed by atoms with Crippen LogP contribution in [0.15, 0.2) is 52.9 Å². The Balaban J connectivity index is 1.54. The largest absolute Gasteiger partial charge is 0.497 e. The fraction of sp³-hybridized carbons (Fsp3) is 0.200. The molecule has 0 aliphatic carbocycles. The van der Waals surface area contributed by atoms with Crippen molar-refractivity contribution in [1.29, 1.82) is 0 Å². The Labute approximate surface area is 171 Å². The average Bonchev–Trinajstić information content (AvgIpc) is 3.28. The normalized spacial score (nSPS) is 18.8. The van der Waals surface area contributed by atoms with E-state index in [0.717, 1.165) is 4.90 Å². The Morgan fingerprint density at radius 1 is 1.10 bits per heavy atom. The van der Waals surface area contributed by atoms with Crippen molar-refractivity contribution in [2.75, 3.05) is 7.11 Å². The van der Waals surface area contributed by atoms with E-state index in [-0.39, 0.29) is 18.3 Å². The van der Waals surface area contributed by atoms with Crippen LogP contribution in [0.25, 0.3) is 11.5 Å². The molecule has 1 N–H and O–H groups in total. The van der Waals surface area contributed by atoms with Gasteiger partial charge in [-0.1, -0.05) is 23.7 Å². The molecule has 0 saturated carbocycles. The first-order valence-corrected chi connectivity index (χ1v) is 9.15. The number of halogens is 1. The molecule has 0 spiro atoms. The molecule has 8 nitrogen and oxygen atoms in total. The number of urea groups is 1. The number of hydrogen-bond acceptors (Lipinski definition) is 6. The van der Waals surface area contributed by atoms with Gasteiger partial charge in [0.15, 0.2) is 0 Å².